The highest BCUT2D eigenvalue weighted by atomic mass is 35.5. The van der Waals surface area contributed by atoms with E-state index in [0.717, 1.165) is 11.6 Å². The third-order valence-corrected chi connectivity index (χ3v) is 7.34. The molecule has 2 aromatic rings. The molecule has 1 fully saturated rings. The number of alkyl carbamates (subject to hydrolysis) is 1. The third kappa shape index (κ3) is 9.83. The summed E-state index contributed by atoms with van der Waals surface area (Å²) in [6, 6.07) is 10.6. The van der Waals surface area contributed by atoms with Gasteiger partial charge in [0, 0.05) is 29.4 Å². The van der Waals surface area contributed by atoms with Gasteiger partial charge >= 0.3 is 17.9 Å². The van der Waals surface area contributed by atoms with Gasteiger partial charge in [-0.25, -0.2) is 9.18 Å². The summed E-state index contributed by atoms with van der Waals surface area (Å²) in [6.45, 7) is 13.3. The Kier molecular flexibility index (Phi) is 10.9. The molecule has 2 aromatic carbocycles. The maximum Gasteiger partial charge on any atom is 0.407 e. The Hall–Kier alpha value is -3.86. The first kappa shape index (κ1) is 34.6. The lowest BCUT2D eigenvalue weighted by atomic mass is 9.76. The van der Waals surface area contributed by atoms with Gasteiger partial charge in [0.1, 0.15) is 17.2 Å². The summed E-state index contributed by atoms with van der Waals surface area (Å²) in [5, 5.41) is 7.76. The lowest BCUT2D eigenvalue weighted by Crippen LogP contribution is -2.67. The highest BCUT2D eigenvalue weighted by Gasteiger charge is 2.48. The first-order valence-corrected chi connectivity index (χ1v) is 14.8. The highest BCUT2D eigenvalue weighted by molar-refractivity contribution is 6.39. The van der Waals surface area contributed by atoms with E-state index < -0.39 is 40.4 Å². The molecule has 1 aliphatic heterocycles. The van der Waals surface area contributed by atoms with Crippen LogP contribution in [0.3, 0.4) is 0 Å². The zero-order valence-electron chi connectivity index (χ0n) is 26.3. The molecule has 0 radical (unpaired) electrons. The fourth-order valence-electron chi connectivity index (χ4n) is 5.66. The second kappa shape index (κ2) is 13.8. The smallest absolute Gasteiger partial charge is 0.407 e. The van der Waals surface area contributed by atoms with Crippen LogP contribution in [0.25, 0.3) is 0 Å². The summed E-state index contributed by atoms with van der Waals surface area (Å²) < 4.78 is 24.8. The Balaban J connectivity index is 1.51. The van der Waals surface area contributed by atoms with Gasteiger partial charge in [0.25, 0.3) is 5.91 Å². The number of ether oxygens (including phenoxy) is 2. The number of halogens is 2. The Bertz CT molecular complexity index is 1360. The van der Waals surface area contributed by atoms with Crippen molar-refractivity contribution in [2.75, 3.05) is 18.5 Å². The molecule has 44 heavy (non-hydrogen) atoms. The van der Waals surface area contributed by atoms with Crippen LogP contribution in [-0.4, -0.2) is 64.6 Å². The quantitative estimate of drug-likeness (QED) is 0.342. The van der Waals surface area contributed by atoms with Crippen molar-refractivity contribution >= 4 is 41.1 Å². The van der Waals surface area contributed by atoms with Gasteiger partial charge in [0.2, 0.25) is 0 Å². The Morgan fingerprint density at radius 2 is 1.59 bits per heavy atom. The summed E-state index contributed by atoms with van der Waals surface area (Å²) in [7, 11) is 0. The van der Waals surface area contributed by atoms with Crippen LogP contribution in [0.2, 0.25) is 5.02 Å². The van der Waals surface area contributed by atoms with Crippen LogP contribution in [0.1, 0.15) is 66.9 Å². The van der Waals surface area contributed by atoms with Gasteiger partial charge in [-0.1, -0.05) is 23.7 Å². The predicted octanol–water partition coefficient (Wildman–Crippen LogP) is 5.23. The highest BCUT2D eigenvalue weighted by Crippen LogP contribution is 2.38. The van der Waals surface area contributed by atoms with Crippen LogP contribution in [0.5, 0.6) is 5.75 Å². The molecule has 0 aromatic heterocycles. The third-order valence-electron chi connectivity index (χ3n) is 7.04. The van der Waals surface area contributed by atoms with E-state index in [2.05, 4.69) is 16.0 Å². The number of piperidine rings is 1. The first-order valence-electron chi connectivity index (χ1n) is 14.4. The summed E-state index contributed by atoms with van der Waals surface area (Å²) in [4.78, 5) is 52.1. The van der Waals surface area contributed by atoms with Crippen LogP contribution in [0.15, 0.2) is 42.5 Å². The van der Waals surface area contributed by atoms with Gasteiger partial charge in [-0.2, -0.15) is 0 Å². The fourth-order valence-corrected chi connectivity index (χ4v) is 5.77. The van der Waals surface area contributed by atoms with E-state index in [0.29, 0.717) is 31.6 Å². The number of amides is 4. The number of rotatable bonds is 8. The van der Waals surface area contributed by atoms with Crippen molar-refractivity contribution in [3.05, 3.63) is 58.9 Å². The van der Waals surface area contributed by atoms with Crippen LogP contribution in [-0.2, 0) is 25.5 Å². The zero-order chi connectivity index (χ0) is 32.9. The van der Waals surface area contributed by atoms with E-state index in [1.807, 2.05) is 39.8 Å². The maximum absolute atomic E-state index is 13.7. The summed E-state index contributed by atoms with van der Waals surface area (Å²) in [5.41, 5.74) is -0.794. The van der Waals surface area contributed by atoms with Crippen LogP contribution >= 0.6 is 11.6 Å². The molecule has 1 aliphatic rings. The summed E-state index contributed by atoms with van der Waals surface area (Å²) in [5.74, 6) is -2.18. The number of benzene rings is 2. The number of nitrogens with one attached hydrogen (secondary N) is 3. The van der Waals surface area contributed by atoms with Gasteiger partial charge in [0.05, 0.1) is 5.02 Å². The van der Waals surface area contributed by atoms with E-state index in [4.69, 9.17) is 21.1 Å². The molecule has 0 bridgehead atoms. The molecule has 1 heterocycles. The van der Waals surface area contributed by atoms with Crippen LogP contribution < -0.4 is 20.7 Å². The number of likely N-dealkylation sites (tertiary alicyclic amines) is 1. The number of carbonyl (C=O) groups excluding carboxylic acids is 4. The van der Waals surface area contributed by atoms with Crippen LogP contribution in [0.4, 0.5) is 14.9 Å². The molecule has 4 amide bonds. The number of nitrogens with zero attached hydrogens (tertiary/aromatic N) is 1. The Morgan fingerprint density at radius 1 is 0.977 bits per heavy atom. The molecule has 0 atom stereocenters. The molecule has 3 N–H and O–H groups in total. The Labute approximate surface area is 263 Å². The normalized spacial score (nSPS) is 16.1. The molecule has 3 rings (SSSR count). The van der Waals surface area contributed by atoms with Crippen molar-refractivity contribution in [2.45, 2.75) is 90.4 Å². The van der Waals surface area contributed by atoms with E-state index in [1.165, 1.54) is 12.1 Å². The monoisotopic (exact) mass is 632 g/mol. The van der Waals surface area contributed by atoms with Crippen molar-refractivity contribution in [3.63, 3.8) is 0 Å². The van der Waals surface area contributed by atoms with Crippen molar-refractivity contribution in [3.8, 4) is 5.75 Å². The van der Waals surface area contributed by atoms with Crippen molar-refractivity contribution in [1.82, 2.24) is 15.5 Å². The topological polar surface area (TPSA) is 126 Å². The van der Waals surface area contributed by atoms with E-state index in [9.17, 15) is 23.6 Å². The van der Waals surface area contributed by atoms with Gasteiger partial charge in [-0.05, 0) is 104 Å². The van der Waals surface area contributed by atoms with E-state index in [1.54, 1.807) is 37.8 Å². The predicted molar refractivity (Wildman–Crippen MR) is 166 cm³/mol. The van der Waals surface area contributed by atoms with Crippen molar-refractivity contribution in [2.24, 2.45) is 0 Å². The number of hydrogen-bond acceptors (Lipinski definition) is 6. The summed E-state index contributed by atoms with van der Waals surface area (Å²) >= 11 is 5.67. The fraction of sp³-hybridized carbons (Fsp3) is 0.500. The minimum absolute atomic E-state index is 0.0944. The van der Waals surface area contributed by atoms with Crippen molar-refractivity contribution < 1.29 is 33.0 Å². The molecule has 12 heteroatoms. The first-order chi connectivity index (χ1) is 20.4. The average Bonchev–Trinajstić information content (AvgIpc) is 2.87. The standard InChI is InChI=1S/C32H42ClFN4O6/c1-30(2,3)44-29(42)35-15-14-20-8-11-23(12-9-20)43-19-26(39)38-31(4,5)17-22(18-32(38,6)7)37-28(41)27(40)36-21-10-13-24(33)25(34)16-21/h8-13,16,22H,14-15,17-19H2,1-7H3,(H,35,42)(H,36,40)(H,37,41). The van der Waals surface area contributed by atoms with E-state index in [-0.39, 0.29) is 29.3 Å². The van der Waals surface area contributed by atoms with E-state index >= 15 is 0 Å². The molecule has 0 unspecified atom stereocenters. The molecule has 0 spiro atoms. The molecular weight excluding hydrogens is 591 g/mol. The minimum Gasteiger partial charge on any atom is -0.484 e. The second-order valence-corrected chi connectivity index (χ2v) is 13.5. The van der Waals surface area contributed by atoms with Gasteiger partial charge in [-0.15, -0.1) is 0 Å². The maximum atomic E-state index is 13.7. The Morgan fingerprint density at radius 3 is 2.16 bits per heavy atom. The second-order valence-electron chi connectivity index (χ2n) is 13.1. The SMILES string of the molecule is CC(C)(C)OC(=O)NCCc1ccc(OCC(=O)N2C(C)(C)CC(NC(=O)C(=O)Nc3ccc(Cl)c(F)c3)CC2(C)C)cc1. The van der Waals surface area contributed by atoms with Crippen LogP contribution in [0, 0.1) is 5.82 Å². The molecule has 240 valence electrons. The largest absolute Gasteiger partial charge is 0.484 e. The molecule has 1 saturated heterocycles. The molecule has 0 saturated carbocycles. The lowest BCUT2D eigenvalue weighted by molar-refractivity contribution is -0.153. The molecule has 10 nitrogen and oxygen atoms in total. The number of anilines is 1. The average molecular weight is 633 g/mol. The lowest BCUT2D eigenvalue weighted by Gasteiger charge is -2.55. The van der Waals surface area contributed by atoms with Gasteiger partial charge in [0.15, 0.2) is 6.61 Å². The minimum atomic E-state index is -0.931. The molecule has 0 aliphatic carbocycles. The van der Waals surface area contributed by atoms with Crippen molar-refractivity contribution in [1.29, 1.82) is 0 Å². The zero-order valence-corrected chi connectivity index (χ0v) is 27.1. The van der Waals surface area contributed by atoms with Gasteiger partial charge in [-0.3, -0.25) is 14.4 Å². The number of carbonyl (C=O) groups is 4. The van der Waals surface area contributed by atoms with Gasteiger partial charge < -0.3 is 30.3 Å². The molecular formula is C32H42ClFN4O6. The number of hydrogen-bond donors (Lipinski definition) is 3. The summed E-state index contributed by atoms with van der Waals surface area (Å²) in [6.07, 6.45) is 0.949.